The molecule has 20 heavy (non-hydrogen) atoms. The van der Waals surface area contributed by atoms with Crippen LogP contribution in [0, 0.1) is 0 Å². The fourth-order valence-electron chi connectivity index (χ4n) is 2.19. The highest BCUT2D eigenvalue weighted by atomic mass is 79.9. The molecule has 2 aromatic rings. The fraction of sp³-hybridized carbons (Fsp3) is 0.250. The summed E-state index contributed by atoms with van der Waals surface area (Å²) in [6.07, 6.45) is 3.54. The van der Waals surface area contributed by atoms with Crippen molar-refractivity contribution in [1.82, 2.24) is 13.9 Å². The van der Waals surface area contributed by atoms with Gasteiger partial charge in [-0.1, -0.05) is 0 Å². The van der Waals surface area contributed by atoms with Gasteiger partial charge in [0.1, 0.15) is 5.82 Å². The molecular weight excluding hydrogens is 344 g/mol. The predicted molar refractivity (Wildman–Crippen MR) is 78.4 cm³/mol. The van der Waals surface area contributed by atoms with Crippen LogP contribution in [0.2, 0.25) is 0 Å². The molecule has 1 aromatic carbocycles. The summed E-state index contributed by atoms with van der Waals surface area (Å²) in [7, 11) is -3.54. The minimum Gasteiger partial charge on any atom is -0.398 e. The minimum atomic E-state index is -3.54. The Kier molecular flexibility index (Phi) is 3.31. The van der Waals surface area contributed by atoms with Crippen molar-refractivity contribution in [1.29, 1.82) is 0 Å². The molecule has 8 heteroatoms. The maximum absolute atomic E-state index is 12.6. The van der Waals surface area contributed by atoms with Crippen molar-refractivity contribution in [2.45, 2.75) is 18.0 Å². The molecule has 1 aliphatic heterocycles. The number of halogens is 1. The quantitative estimate of drug-likeness (QED) is 0.825. The third-order valence-corrected chi connectivity index (χ3v) is 5.88. The molecule has 0 saturated heterocycles. The number of nitrogens with zero attached hydrogens (tertiary/aromatic N) is 3. The van der Waals surface area contributed by atoms with Crippen LogP contribution in [0.5, 0.6) is 0 Å². The summed E-state index contributed by atoms with van der Waals surface area (Å²) in [5.41, 5.74) is 6.17. The van der Waals surface area contributed by atoms with E-state index in [9.17, 15) is 8.42 Å². The number of sulfonamides is 1. The van der Waals surface area contributed by atoms with Gasteiger partial charge in [0.05, 0.1) is 11.4 Å². The van der Waals surface area contributed by atoms with Crippen molar-refractivity contribution in [3.63, 3.8) is 0 Å². The van der Waals surface area contributed by atoms with Gasteiger partial charge in [0.2, 0.25) is 10.0 Å². The second-order valence-corrected chi connectivity index (χ2v) is 7.35. The Bertz CT molecular complexity index is 757. The van der Waals surface area contributed by atoms with Gasteiger partial charge in [0.15, 0.2) is 0 Å². The first-order valence-electron chi connectivity index (χ1n) is 6.03. The number of fused-ring (bicyclic) bond motifs is 1. The number of anilines is 1. The molecule has 0 amide bonds. The lowest BCUT2D eigenvalue weighted by Gasteiger charge is -2.27. The number of hydrogen-bond donors (Lipinski definition) is 1. The van der Waals surface area contributed by atoms with Gasteiger partial charge >= 0.3 is 0 Å². The van der Waals surface area contributed by atoms with Crippen molar-refractivity contribution in [2.75, 3.05) is 12.3 Å². The monoisotopic (exact) mass is 356 g/mol. The standard InChI is InChI=1S/C12H13BrN4O2S/c13-10-2-1-9(7-11(10)14)20(18,19)17-6-5-16-4-3-15-12(16)8-17/h1-4,7H,5-6,8,14H2. The topological polar surface area (TPSA) is 81.2 Å². The maximum atomic E-state index is 12.6. The molecule has 2 heterocycles. The number of nitrogen functional groups attached to an aromatic ring is 1. The molecular formula is C12H13BrN4O2S. The van der Waals surface area contributed by atoms with Crippen molar-refractivity contribution in [3.05, 3.63) is 40.9 Å². The van der Waals surface area contributed by atoms with Crippen LogP contribution >= 0.6 is 15.9 Å². The summed E-state index contributed by atoms with van der Waals surface area (Å²) in [6, 6.07) is 4.67. The molecule has 0 bridgehead atoms. The van der Waals surface area contributed by atoms with E-state index in [1.807, 2.05) is 10.8 Å². The van der Waals surface area contributed by atoms with Crippen LogP contribution in [0.3, 0.4) is 0 Å². The predicted octanol–water partition coefficient (Wildman–Crippen LogP) is 1.43. The van der Waals surface area contributed by atoms with Crippen molar-refractivity contribution in [2.24, 2.45) is 0 Å². The highest BCUT2D eigenvalue weighted by Crippen LogP contribution is 2.26. The van der Waals surface area contributed by atoms with E-state index in [1.165, 1.54) is 10.4 Å². The number of nitrogens with two attached hydrogens (primary N) is 1. The van der Waals surface area contributed by atoms with Crippen molar-refractivity contribution >= 4 is 31.6 Å². The van der Waals surface area contributed by atoms with Crippen LogP contribution in [-0.4, -0.2) is 28.8 Å². The Labute approximate surface area is 125 Å². The molecule has 0 radical (unpaired) electrons. The van der Waals surface area contributed by atoms with Crippen LogP contribution in [-0.2, 0) is 23.1 Å². The molecule has 1 aromatic heterocycles. The van der Waals surface area contributed by atoms with Gasteiger partial charge in [-0.15, -0.1) is 0 Å². The van der Waals surface area contributed by atoms with E-state index in [2.05, 4.69) is 20.9 Å². The minimum absolute atomic E-state index is 0.207. The molecule has 0 fully saturated rings. The van der Waals surface area contributed by atoms with Crippen LogP contribution in [0.25, 0.3) is 0 Å². The van der Waals surface area contributed by atoms with Crippen LogP contribution < -0.4 is 5.73 Å². The van der Waals surface area contributed by atoms with Gasteiger partial charge in [0.25, 0.3) is 0 Å². The third kappa shape index (κ3) is 2.23. The normalized spacial score (nSPS) is 16.1. The van der Waals surface area contributed by atoms with Gasteiger partial charge in [-0.2, -0.15) is 4.31 Å². The Morgan fingerprint density at radius 2 is 2.10 bits per heavy atom. The van der Waals surface area contributed by atoms with Gasteiger partial charge in [-0.25, -0.2) is 13.4 Å². The van der Waals surface area contributed by atoms with E-state index < -0.39 is 10.0 Å². The number of imidazole rings is 1. The first-order valence-corrected chi connectivity index (χ1v) is 8.27. The molecule has 0 unspecified atom stereocenters. The summed E-state index contributed by atoms with van der Waals surface area (Å²) in [6.45, 7) is 1.33. The zero-order chi connectivity index (χ0) is 14.3. The Morgan fingerprint density at radius 1 is 1.30 bits per heavy atom. The van der Waals surface area contributed by atoms with Gasteiger partial charge in [-0.05, 0) is 34.1 Å². The molecule has 0 atom stereocenters. The summed E-state index contributed by atoms with van der Waals surface area (Å²) < 4.78 is 29.3. The van der Waals surface area contributed by atoms with Crippen molar-refractivity contribution < 1.29 is 8.42 Å². The third-order valence-electron chi connectivity index (χ3n) is 3.32. The lowest BCUT2D eigenvalue weighted by molar-refractivity contribution is 0.335. The van der Waals surface area contributed by atoms with Gasteiger partial charge in [-0.3, -0.25) is 0 Å². The largest absolute Gasteiger partial charge is 0.398 e. The SMILES string of the molecule is Nc1cc(S(=O)(=O)N2CCn3ccnc3C2)ccc1Br. The highest BCUT2D eigenvalue weighted by molar-refractivity contribution is 9.10. The van der Waals surface area contributed by atoms with Gasteiger partial charge in [0, 0.05) is 35.6 Å². The lowest BCUT2D eigenvalue weighted by Crippen LogP contribution is -2.38. The Balaban J connectivity index is 1.95. The number of benzene rings is 1. The maximum Gasteiger partial charge on any atom is 0.243 e. The van der Waals surface area contributed by atoms with E-state index in [0.29, 0.717) is 23.2 Å². The Morgan fingerprint density at radius 3 is 2.85 bits per heavy atom. The average Bonchev–Trinajstić information content (AvgIpc) is 2.89. The second kappa shape index (κ2) is 4.87. The summed E-state index contributed by atoms with van der Waals surface area (Å²) >= 11 is 3.26. The van der Waals surface area contributed by atoms with E-state index in [-0.39, 0.29) is 11.4 Å². The lowest BCUT2D eigenvalue weighted by atomic mass is 10.3. The number of rotatable bonds is 2. The molecule has 6 nitrogen and oxygen atoms in total. The van der Waals surface area contributed by atoms with Gasteiger partial charge < -0.3 is 10.3 Å². The first-order chi connectivity index (χ1) is 9.48. The summed E-state index contributed by atoms with van der Waals surface area (Å²) in [5, 5.41) is 0. The second-order valence-electron chi connectivity index (χ2n) is 4.56. The zero-order valence-corrected chi connectivity index (χ0v) is 12.9. The first kappa shape index (κ1) is 13.6. The number of aromatic nitrogens is 2. The zero-order valence-electron chi connectivity index (χ0n) is 10.5. The molecule has 1 aliphatic rings. The summed E-state index contributed by atoms with van der Waals surface area (Å²) in [4.78, 5) is 4.38. The average molecular weight is 357 g/mol. The molecule has 106 valence electrons. The van der Waals surface area contributed by atoms with Crippen LogP contribution in [0.1, 0.15) is 5.82 Å². The van der Waals surface area contributed by atoms with Crippen LogP contribution in [0.15, 0.2) is 40.0 Å². The number of hydrogen-bond acceptors (Lipinski definition) is 4. The molecule has 0 aliphatic carbocycles. The summed E-state index contributed by atoms with van der Waals surface area (Å²) in [5.74, 6) is 0.755. The molecule has 0 spiro atoms. The molecule has 0 saturated carbocycles. The Hall–Kier alpha value is -1.38. The van der Waals surface area contributed by atoms with E-state index >= 15 is 0 Å². The van der Waals surface area contributed by atoms with E-state index in [4.69, 9.17) is 5.73 Å². The molecule has 2 N–H and O–H groups in total. The smallest absolute Gasteiger partial charge is 0.243 e. The van der Waals surface area contributed by atoms with E-state index in [0.717, 1.165) is 5.82 Å². The highest BCUT2D eigenvalue weighted by Gasteiger charge is 2.29. The molecule has 3 rings (SSSR count). The van der Waals surface area contributed by atoms with E-state index in [1.54, 1.807) is 18.3 Å². The van der Waals surface area contributed by atoms with Crippen molar-refractivity contribution in [3.8, 4) is 0 Å². The fourth-order valence-corrected chi connectivity index (χ4v) is 3.86. The van der Waals surface area contributed by atoms with Crippen LogP contribution in [0.4, 0.5) is 5.69 Å².